The number of amides is 3. The largest absolute Gasteiger partial charge is 0.454 e. The van der Waals surface area contributed by atoms with E-state index in [4.69, 9.17) is 9.47 Å². The fourth-order valence-electron chi connectivity index (χ4n) is 3.38. The van der Waals surface area contributed by atoms with Gasteiger partial charge in [-0.2, -0.15) is 0 Å². The highest BCUT2D eigenvalue weighted by atomic mass is 79.9. The Labute approximate surface area is 159 Å². The summed E-state index contributed by atoms with van der Waals surface area (Å²) < 4.78 is 11.5. The van der Waals surface area contributed by atoms with Gasteiger partial charge in [0.25, 0.3) is 5.91 Å². The molecule has 2 aromatic carbocycles. The second-order valence-corrected chi connectivity index (χ2v) is 7.10. The molecule has 0 saturated carbocycles. The first-order valence-corrected chi connectivity index (χ1v) is 9.12. The summed E-state index contributed by atoms with van der Waals surface area (Å²) in [5.41, 5.74) is 0.534. The smallest absolute Gasteiger partial charge is 0.325 e. The quantitative estimate of drug-likeness (QED) is 0.773. The summed E-state index contributed by atoms with van der Waals surface area (Å²) in [7, 11) is 0. The van der Waals surface area contributed by atoms with Gasteiger partial charge >= 0.3 is 6.03 Å². The summed E-state index contributed by atoms with van der Waals surface area (Å²) in [6.45, 7) is 2.21. The summed E-state index contributed by atoms with van der Waals surface area (Å²) in [6, 6.07) is 12.5. The number of rotatable bonds is 4. The lowest BCUT2D eigenvalue weighted by molar-refractivity contribution is -0.132. The fraction of sp³-hybridized carbons (Fsp3) is 0.263. The van der Waals surface area contributed by atoms with E-state index in [1.54, 1.807) is 12.1 Å². The number of halogens is 1. The van der Waals surface area contributed by atoms with E-state index < -0.39 is 11.6 Å². The molecule has 0 aliphatic carbocycles. The molecule has 6 nitrogen and oxygen atoms in total. The van der Waals surface area contributed by atoms with Crippen molar-refractivity contribution in [1.29, 1.82) is 0 Å². The normalized spacial score (nSPS) is 21.2. The Morgan fingerprint density at radius 1 is 1.15 bits per heavy atom. The van der Waals surface area contributed by atoms with Crippen LogP contribution in [0.1, 0.15) is 24.5 Å². The van der Waals surface area contributed by atoms with Crippen LogP contribution in [0.5, 0.6) is 11.5 Å². The SMILES string of the molecule is CC[C@@]1(c2ccccc2)NC(=O)N(Cc2cc3c(cc2Br)OCO3)C1=O. The van der Waals surface area contributed by atoms with Crippen molar-refractivity contribution in [2.45, 2.75) is 25.4 Å². The molecule has 4 rings (SSSR count). The van der Waals surface area contributed by atoms with Gasteiger partial charge in [0.05, 0.1) is 6.54 Å². The van der Waals surface area contributed by atoms with E-state index in [-0.39, 0.29) is 19.2 Å². The van der Waals surface area contributed by atoms with Gasteiger partial charge in [-0.05, 0) is 29.7 Å². The van der Waals surface area contributed by atoms with Crippen molar-refractivity contribution in [1.82, 2.24) is 10.2 Å². The highest BCUT2D eigenvalue weighted by Gasteiger charge is 2.51. The number of imide groups is 1. The molecule has 1 saturated heterocycles. The number of nitrogens with one attached hydrogen (secondary N) is 1. The van der Waals surface area contributed by atoms with E-state index in [0.717, 1.165) is 15.6 Å². The number of benzene rings is 2. The highest BCUT2D eigenvalue weighted by Crippen LogP contribution is 2.39. The van der Waals surface area contributed by atoms with Gasteiger partial charge in [0.1, 0.15) is 5.54 Å². The van der Waals surface area contributed by atoms with Gasteiger partial charge in [-0.1, -0.05) is 53.2 Å². The lowest BCUT2D eigenvalue weighted by Gasteiger charge is -2.25. The average molecular weight is 417 g/mol. The molecule has 2 aliphatic rings. The van der Waals surface area contributed by atoms with Crippen LogP contribution in [0.2, 0.25) is 0 Å². The van der Waals surface area contributed by atoms with Crippen LogP contribution in [-0.2, 0) is 16.9 Å². The molecule has 0 unspecified atom stereocenters. The molecule has 3 amide bonds. The van der Waals surface area contributed by atoms with Crippen molar-refractivity contribution < 1.29 is 19.1 Å². The Kier molecular flexibility index (Phi) is 4.11. The second-order valence-electron chi connectivity index (χ2n) is 6.24. The molecule has 26 heavy (non-hydrogen) atoms. The Morgan fingerprint density at radius 2 is 1.85 bits per heavy atom. The van der Waals surface area contributed by atoms with Crippen LogP contribution in [0.4, 0.5) is 4.79 Å². The number of ether oxygens (including phenoxy) is 2. The minimum Gasteiger partial charge on any atom is -0.454 e. The van der Waals surface area contributed by atoms with E-state index in [9.17, 15) is 9.59 Å². The van der Waals surface area contributed by atoms with E-state index in [1.807, 2.05) is 37.3 Å². The Hall–Kier alpha value is -2.54. The molecule has 134 valence electrons. The summed E-state index contributed by atoms with van der Waals surface area (Å²) in [5, 5.41) is 2.89. The zero-order chi connectivity index (χ0) is 18.3. The van der Waals surface area contributed by atoms with Crippen LogP contribution >= 0.6 is 15.9 Å². The lowest BCUT2D eigenvalue weighted by Crippen LogP contribution is -2.43. The van der Waals surface area contributed by atoms with Crippen LogP contribution < -0.4 is 14.8 Å². The van der Waals surface area contributed by atoms with Gasteiger partial charge in [-0.25, -0.2) is 4.79 Å². The third-order valence-corrected chi connectivity index (χ3v) is 5.58. The van der Waals surface area contributed by atoms with Crippen LogP contribution in [0.3, 0.4) is 0 Å². The fourth-order valence-corrected chi connectivity index (χ4v) is 3.83. The zero-order valence-electron chi connectivity index (χ0n) is 14.1. The van der Waals surface area contributed by atoms with Crippen molar-refractivity contribution >= 4 is 27.9 Å². The van der Waals surface area contributed by atoms with E-state index >= 15 is 0 Å². The van der Waals surface area contributed by atoms with E-state index in [2.05, 4.69) is 21.2 Å². The van der Waals surface area contributed by atoms with Gasteiger partial charge in [0, 0.05) is 4.47 Å². The number of nitrogens with zero attached hydrogens (tertiary/aromatic N) is 1. The van der Waals surface area contributed by atoms with Gasteiger partial charge in [0.15, 0.2) is 11.5 Å². The van der Waals surface area contributed by atoms with Crippen molar-refractivity contribution in [3.8, 4) is 11.5 Å². The molecule has 0 aromatic heterocycles. The third-order valence-electron chi connectivity index (χ3n) is 4.84. The van der Waals surface area contributed by atoms with Gasteiger partial charge in [-0.15, -0.1) is 0 Å². The Bertz CT molecular complexity index is 887. The first kappa shape index (κ1) is 16.9. The zero-order valence-corrected chi connectivity index (χ0v) is 15.7. The number of urea groups is 1. The number of hydrogen-bond acceptors (Lipinski definition) is 4. The number of carbonyl (C=O) groups is 2. The van der Waals surface area contributed by atoms with Gasteiger partial charge in [0.2, 0.25) is 6.79 Å². The highest BCUT2D eigenvalue weighted by molar-refractivity contribution is 9.10. The molecule has 0 bridgehead atoms. The molecule has 0 spiro atoms. The van der Waals surface area contributed by atoms with Gasteiger partial charge in [-0.3, -0.25) is 9.69 Å². The van der Waals surface area contributed by atoms with Crippen molar-refractivity contribution in [3.63, 3.8) is 0 Å². The molecule has 1 fully saturated rings. The first-order chi connectivity index (χ1) is 12.5. The maximum atomic E-state index is 13.2. The number of hydrogen-bond donors (Lipinski definition) is 1. The third kappa shape index (κ3) is 2.54. The summed E-state index contributed by atoms with van der Waals surface area (Å²) in [5.74, 6) is 1.01. The Morgan fingerprint density at radius 3 is 2.54 bits per heavy atom. The molecule has 1 N–H and O–H groups in total. The van der Waals surface area contributed by atoms with E-state index in [0.29, 0.717) is 17.9 Å². The Balaban J connectivity index is 1.66. The lowest BCUT2D eigenvalue weighted by atomic mass is 9.87. The van der Waals surface area contributed by atoms with Crippen LogP contribution in [-0.4, -0.2) is 23.6 Å². The number of fused-ring (bicyclic) bond motifs is 1. The molecule has 2 aromatic rings. The maximum Gasteiger partial charge on any atom is 0.325 e. The molecule has 7 heteroatoms. The predicted octanol–water partition coefficient (Wildman–Crippen LogP) is 3.54. The average Bonchev–Trinajstić information content (AvgIpc) is 3.20. The van der Waals surface area contributed by atoms with E-state index in [1.165, 1.54) is 4.90 Å². The summed E-state index contributed by atoms with van der Waals surface area (Å²) >= 11 is 3.48. The maximum absolute atomic E-state index is 13.2. The molecule has 2 heterocycles. The summed E-state index contributed by atoms with van der Waals surface area (Å²) in [6.07, 6.45) is 0.473. The van der Waals surface area contributed by atoms with Gasteiger partial charge < -0.3 is 14.8 Å². The molecule has 0 radical (unpaired) electrons. The van der Waals surface area contributed by atoms with Crippen molar-refractivity contribution in [2.75, 3.05) is 6.79 Å². The molecule has 2 aliphatic heterocycles. The van der Waals surface area contributed by atoms with Crippen molar-refractivity contribution in [3.05, 3.63) is 58.1 Å². The minimum atomic E-state index is -1.03. The minimum absolute atomic E-state index is 0.149. The topological polar surface area (TPSA) is 67.9 Å². The summed E-state index contributed by atoms with van der Waals surface area (Å²) in [4.78, 5) is 27.0. The van der Waals surface area contributed by atoms with Crippen LogP contribution in [0.15, 0.2) is 46.9 Å². The molecule has 1 atom stereocenters. The standard InChI is InChI=1S/C19H17BrN2O4/c1-2-19(13-6-4-3-5-7-13)17(23)22(18(24)21-19)10-12-8-15-16(9-14(12)20)26-11-25-15/h3-9H,2,10-11H2,1H3,(H,21,24)/t19-/m0/s1. The predicted molar refractivity (Wildman–Crippen MR) is 97.8 cm³/mol. The molecular weight excluding hydrogens is 400 g/mol. The second kappa shape index (κ2) is 6.32. The first-order valence-electron chi connectivity index (χ1n) is 8.33. The monoisotopic (exact) mass is 416 g/mol. The number of carbonyl (C=O) groups excluding carboxylic acids is 2. The van der Waals surface area contributed by atoms with Crippen LogP contribution in [0.25, 0.3) is 0 Å². The van der Waals surface area contributed by atoms with Crippen molar-refractivity contribution in [2.24, 2.45) is 0 Å². The molecular formula is C19H17BrN2O4. The van der Waals surface area contributed by atoms with Crippen LogP contribution in [0, 0.1) is 0 Å².